The molecule has 0 saturated carbocycles. The van der Waals surface area contributed by atoms with E-state index in [9.17, 15) is 4.39 Å². The molecule has 0 amide bonds. The van der Waals surface area contributed by atoms with Gasteiger partial charge in [0, 0.05) is 25.7 Å². The van der Waals surface area contributed by atoms with Gasteiger partial charge in [-0.2, -0.15) is 0 Å². The van der Waals surface area contributed by atoms with Crippen LogP contribution >= 0.6 is 0 Å². The van der Waals surface area contributed by atoms with Gasteiger partial charge in [0.15, 0.2) is 0 Å². The third-order valence-corrected chi connectivity index (χ3v) is 4.39. The Morgan fingerprint density at radius 2 is 1.75 bits per heavy atom. The van der Waals surface area contributed by atoms with Crippen molar-refractivity contribution in [1.29, 1.82) is 0 Å². The van der Waals surface area contributed by atoms with E-state index in [1.54, 1.807) is 0 Å². The van der Waals surface area contributed by atoms with Crippen LogP contribution in [-0.2, 0) is 6.42 Å². The summed E-state index contributed by atoms with van der Waals surface area (Å²) in [5.41, 5.74) is 1.11. The molecule has 3 rings (SSSR count). The summed E-state index contributed by atoms with van der Waals surface area (Å²) < 4.78 is 12.9. The fourth-order valence-electron chi connectivity index (χ4n) is 3.09. The summed E-state index contributed by atoms with van der Waals surface area (Å²) in [6.07, 6.45) is 5.92. The van der Waals surface area contributed by atoms with E-state index in [1.807, 2.05) is 25.1 Å². The van der Waals surface area contributed by atoms with Crippen LogP contribution in [0.15, 0.2) is 30.3 Å². The summed E-state index contributed by atoms with van der Waals surface area (Å²) in [6.45, 7) is 4.85. The molecule has 0 bridgehead atoms. The number of nitrogens with one attached hydrogen (secondary N) is 1. The molecule has 1 aliphatic rings. The molecular weight excluding hydrogens is 303 g/mol. The Morgan fingerprint density at radius 1 is 1.04 bits per heavy atom. The average molecular weight is 328 g/mol. The van der Waals surface area contributed by atoms with Crippen molar-refractivity contribution in [3.8, 4) is 0 Å². The highest BCUT2D eigenvalue weighted by Crippen LogP contribution is 2.20. The van der Waals surface area contributed by atoms with Gasteiger partial charge in [0.2, 0.25) is 0 Å². The molecule has 1 saturated heterocycles. The fraction of sp³-hybridized carbons (Fsp3) is 0.474. The third kappa shape index (κ3) is 4.66. The first-order valence-corrected chi connectivity index (χ1v) is 8.80. The van der Waals surface area contributed by atoms with E-state index in [2.05, 4.69) is 20.2 Å². The number of aryl methyl sites for hydroxylation is 1. The van der Waals surface area contributed by atoms with E-state index in [0.29, 0.717) is 0 Å². The molecule has 0 spiro atoms. The predicted molar refractivity (Wildman–Crippen MR) is 96.0 cm³/mol. The third-order valence-electron chi connectivity index (χ3n) is 4.39. The zero-order valence-electron chi connectivity index (χ0n) is 14.3. The number of rotatable bonds is 5. The molecule has 0 unspecified atom stereocenters. The van der Waals surface area contributed by atoms with Crippen LogP contribution < -0.4 is 10.2 Å². The Morgan fingerprint density at radius 3 is 2.46 bits per heavy atom. The number of nitrogens with zero attached hydrogens (tertiary/aromatic N) is 3. The molecule has 4 nitrogen and oxygen atoms in total. The number of hydrogen-bond acceptors (Lipinski definition) is 4. The molecule has 0 aliphatic carbocycles. The van der Waals surface area contributed by atoms with Gasteiger partial charge >= 0.3 is 0 Å². The van der Waals surface area contributed by atoms with Crippen LogP contribution in [0.5, 0.6) is 0 Å². The zero-order chi connectivity index (χ0) is 16.8. The molecule has 2 aromatic rings. The number of hydrogen-bond donors (Lipinski definition) is 1. The molecule has 2 heterocycles. The van der Waals surface area contributed by atoms with E-state index in [1.165, 1.54) is 37.8 Å². The van der Waals surface area contributed by atoms with E-state index in [4.69, 9.17) is 0 Å². The van der Waals surface area contributed by atoms with Gasteiger partial charge in [0.25, 0.3) is 0 Å². The minimum Gasteiger partial charge on any atom is -0.370 e. The molecular formula is C19H25FN4. The number of aromatic nitrogens is 2. The standard InChI is InChI=1S/C19H25FN4/c1-15-22-18(21-11-10-16-6-8-17(20)9-7-16)14-19(23-15)24-12-4-2-3-5-13-24/h6-9,14H,2-5,10-13H2,1H3,(H,21,22,23). The van der Waals surface area contributed by atoms with E-state index < -0.39 is 0 Å². The molecule has 5 heteroatoms. The summed E-state index contributed by atoms with van der Waals surface area (Å²) in [5.74, 6) is 2.48. The predicted octanol–water partition coefficient (Wildman–Crippen LogP) is 3.96. The molecule has 1 aromatic carbocycles. The monoisotopic (exact) mass is 328 g/mol. The van der Waals surface area contributed by atoms with Crippen LogP contribution in [0.25, 0.3) is 0 Å². The lowest BCUT2D eigenvalue weighted by molar-refractivity contribution is 0.627. The molecule has 1 fully saturated rings. The summed E-state index contributed by atoms with van der Waals surface area (Å²) in [6, 6.07) is 8.70. The second kappa shape index (κ2) is 8.08. The van der Waals surface area contributed by atoms with Crippen molar-refractivity contribution in [3.63, 3.8) is 0 Å². The molecule has 1 N–H and O–H groups in total. The average Bonchev–Trinajstić information content (AvgIpc) is 2.86. The topological polar surface area (TPSA) is 41.1 Å². The highest BCUT2D eigenvalue weighted by molar-refractivity contribution is 5.49. The van der Waals surface area contributed by atoms with Gasteiger partial charge < -0.3 is 10.2 Å². The van der Waals surface area contributed by atoms with Crippen molar-refractivity contribution < 1.29 is 4.39 Å². The Labute approximate surface area is 143 Å². The van der Waals surface area contributed by atoms with Crippen LogP contribution in [0, 0.1) is 12.7 Å². The first-order valence-electron chi connectivity index (χ1n) is 8.80. The van der Waals surface area contributed by atoms with Gasteiger partial charge in [-0.25, -0.2) is 14.4 Å². The Bertz CT molecular complexity index is 649. The lowest BCUT2D eigenvalue weighted by Crippen LogP contribution is -2.25. The number of benzene rings is 1. The Kier molecular flexibility index (Phi) is 5.62. The molecule has 128 valence electrons. The molecule has 24 heavy (non-hydrogen) atoms. The maximum Gasteiger partial charge on any atom is 0.134 e. The number of halogens is 1. The minimum atomic E-state index is -0.194. The van der Waals surface area contributed by atoms with E-state index >= 15 is 0 Å². The highest BCUT2D eigenvalue weighted by atomic mass is 19.1. The quantitative estimate of drug-likeness (QED) is 0.902. The molecule has 0 radical (unpaired) electrons. The van der Waals surface area contributed by atoms with Gasteiger partial charge in [-0.05, 0) is 43.9 Å². The molecule has 1 aliphatic heterocycles. The van der Waals surface area contributed by atoms with Crippen molar-refractivity contribution in [2.75, 3.05) is 29.9 Å². The van der Waals surface area contributed by atoms with Gasteiger partial charge in [0.05, 0.1) is 0 Å². The second-order valence-electron chi connectivity index (χ2n) is 6.36. The van der Waals surface area contributed by atoms with Crippen molar-refractivity contribution in [2.45, 2.75) is 39.0 Å². The lowest BCUT2D eigenvalue weighted by atomic mass is 10.1. The van der Waals surface area contributed by atoms with E-state index in [-0.39, 0.29) is 5.82 Å². The SMILES string of the molecule is Cc1nc(NCCc2ccc(F)cc2)cc(N2CCCCCC2)n1. The summed E-state index contributed by atoms with van der Waals surface area (Å²) >= 11 is 0. The zero-order valence-corrected chi connectivity index (χ0v) is 14.3. The van der Waals surface area contributed by atoms with Crippen LogP contribution in [0.3, 0.4) is 0 Å². The second-order valence-corrected chi connectivity index (χ2v) is 6.36. The Hall–Kier alpha value is -2.17. The first-order chi connectivity index (χ1) is 11.7. The van der Waals surface area contributed by atoms with Crippen LogP contribution in [-0.4, -0.2) is 29.6 Å². The van der Waals surface area contributed by atoms with Crippen molar-refractivity contribution in [2.24, 2.45) is 0 Å². The number of anilines is 2. The van der Waals surface area contributed by atoms with Crippen LogP contribution in [0.1, 0.15) is 37.1 Å². The summed E-state index contributed by atoms with van der Waals surface area (Å²) in [7, 11) is 0. The van der Waals surface area contributed by atoms with Gasteiger partial charge in [-0.15, -0.1) is 0 Å². The smallest absolute Gasteiger partial charge is 0.134 e. The van der Waals surface area contributed by atoms with Crippen molar-refractivity contribution >= 4 is 11.6 Å². The largest absolute Gasteiger partial charge is 0.370 e. The summed E-state index contributed by atoms with van der Waals surface area (Å²) in [4.78, 5) is 11.5. The first kappa shape index (κ1) is 16.7. The maximum absolute atomic E-state index is 12.9. The van der Waals surface area contributed by atoms with Crippen molar-refractivity contribution in [1.82, 2.24) is 9.97 Å². The van der Waals surface area contributed by atoms with Crippen molar-refractivity contribution in [3.05, 3.63) is 47.5 Å². The normalized spacial score (nSPS) is 15.2. The summed E-state index contributed by atoms with van der Waals surface area (Å²) in [5, 5.41) is 3.37. The molecule has 1 aromatic heterocycles. The van der Waals surface area contributed by atoms with Crippen LogP contribution in [0.2, 0.25) is 0 Å². The molecule has 0 atom stereocenters. The van der Waals surface area contributed by atoms with Crippen LogP contribution in [0.4, 0.5) is 16.0 Å². The van der Waals surface area contributed by atoms with E-state index in [0.717, 1.165) is 49.1 Å². The minimum absolute atomic E-state index is 0.194. The van der Waals surface area contributed by atoms with Gasteiger partial charge in [0.1, 0.15) is 23.3 Å². The maximum atomic E-state index is 12.9. The Balaban J connectivity index is 1.61. The van der Waals surface area contributed by atoms with Gasteiger partial charge in [-0.1, -0.05) is 25.0 Å². The van der Waals surface area contributed by atoms with Gasteiger partial charge in [-0.3, -0.25) is 0 Å². The lowest BCUT2D eigenvalue weighted by Gasteiger charge is -2.22. The fourth-order valence-corrected chi connectivity index (χ4v) is 3.09. The highest BCUT2D eigenvalue weighted by Gasteiger charge is 2.12.